The van der Waals surface area contributed by atoms with Gasteiger partial charge in [0.15, 0.2) is 11.5 Å². The van der Waals surface area contributed by atoms with E-state index in [4.69, 9.17) is 9.47 Å². The number of benzene rings is 2. The van der Waals surface area contributed by atoms with E-state index in [0.29, 0.717) is 13.2 Å². The van der Waals surface area contributed by atoms with Gasteiger partial charge in [-0.25, -0.2) is 0 Å². The summed E-state index contributed by atoms with van der Waals surface area (Å²) in [6.07, 6.45) is 0.895. The van der Waals surface area contributed by atoms with Gasteiger partial charge in [0.2, 0.25) is 0 Å². The van der Waals surface area contributed by atoms with Crippen LogP contribution in [0.2, 0.25) is 0 Å². The molecule has 0 aromatic heterocycles. The molecule has 0 heterocycles. The van der Waals surface area contributed by atoms with Gasteiger partial charge < -0.3 is 19.9 Å². The lowest BCUT2D eigenvalue weighted by molar-refractivity contribution is 0.238. The predicted molar refractivity (Wildman–Crippen MR) is 91.8 cm³/mol. The van der Waals surface area contributed by atoms with Crippen LogP contribution < -0.4 is 14.8 Å². The van der Waals surface area contributed by atoms with Crippen LogP contribution in [0.1, 0.15) is 24.5 Å². The molecule has 0 saturated carbocycles. The third kappa shape index (κ3) is 5.27. The molecule has 2 aromatic carbocycles. The van der Waals surface area contributed by atoms with Crippen molar-refractivity contribution in [3.63, 3.8) is 0 Å². The first-order chi connectivity index (χ1) is 11.3. The smallest absolute Gasteiger partial charge is 0.161 e. The molecule has 0 aliphatic rings. The van der Waals surface area contributed by atoms with Gasteiger partial charge in [0.05, 0.1) is 13.7 Å². The summed E-state index contributed by atoms with van der Waals surface area (Å²) < 4.78 is 11.3. The molecule has 0 radical (unpaired) electrons. The Bertz CT molecular complexity index is 582. The number of aliphatic hydroxyl groups is 1. The Morgan fingerprint density at radius 2 is 1.83 bits per heavy atom. The SMILES string of the molecule is CCC(CO)NCc1ccc(OCc2ccccc2)c(OC)c1. The van der Waals surface area contributed by atoms with E-state index in [1.807, 2.05) is 48.5 Å². The molecule has 4 heteroatoms. The third-order valence-corrected chi connectivity index (χ3v) is 3.77. The highest BCUT2D eigenvalue weighted by Crippen LogP contribution is 2.28. The van der Waals surface area contributed by atoms with E-state index < -0.39 is 0 Å². The van der Waals surface area contributed by atoms with Gasteiger partial charge in [-0.15, -0.1) is 0 Å². The van der Waals surface area contributed by atoms with Gasteiger partial charge >= 0.3 is 0 Å². The molecule has 23 heavy (non-hydrogen) atoms. The highest BCUT2D eigenvalue weighted by atomic mass is 16.5. The largest absolute Gasteiger partial charge is 0.493 e. The van der Waals surface area contributed by atoms with Crippen LogP contribution in [0, 0.1) is 0 Å². The molecule has 2 rings (SSSR count). The summed E-state index contributed by atoms with van der Waals surface area (Å²) in [6, 6.07) is 16.1. The Hall–Kier alpha value is -2.04. The molecular formula is C19H25NO3. The predicted octanol–water partition coefficient (Wildman–Crippen LogP) is 3.13. The van der Waals surface area contributed by atoms with Gasteiger partial charge in [-0.1, -0.05) is 43.3 Å². The Morgan fingerprint density at radius 1 is 1.04 bits per heavy atom. The summed E-state index contributed by atoms with van der Waals surface area (Å²) in [6.45, 7) is 3.40. The third-order valence-electron chi connectivity index (χ3n) is 3.77. The van der Waals surface area contributed by atoms with Crippen molar-refractivity contribution in [2.24, 2.45) is 0 Å². The maximum absolute atomic E-state index is 9.22. The zero-order valence-corrected chi connectivity index (χ0v) is 13.8. The fraction of sp³-hybridized carbons (Fsp3) is 0.368. The van der Waals surface area contributed by atoms with Gasteiger partial charge in [0, 0.05) is 12.6 Å². The van der Waals surface area contributed by atoms with E-state index in [-0.39, 0.29) is 12.6 Å². The van der Waals surface area contributed by atoms with E-state index in [9.17, 15) is 5.11 Å². The van der Waals surface area contributed by atoms with Crippen LogP contribution in [0.5, 0.6) is 11.5 Å². The van der Waals surface area contributed by atoms with Crippen LogP contribution in [0.3, 0.4) is 0 Å². The topological polar surface area (TPSA) is 50.7 Å². The lowest BCUT2D eigenvalue weighted by Gasteiger charge is -2.16. The highest BCUT2D eigenvalue weighted by molar-refractivity contribution is 5.43. The summed E-state index contributed by atoms with van der Waals surface area (Å²) in [7, 11) is 1.64. The molecule has 0 aliphatic heterocycles. The molecule has 0 aliphatic carbocycles. The summed E-state index contributed by atoms with van der Waals surface area (Å²) in [4.78, 5) is 0. The average molecular weight is 315 g/mol. The summed E-state index contributed by atoms with van der Waals surface area (Å²) in [5, 5.41) is 12.5. The van der Waals surface area contributed by atoms with Crippen molar-refractivity contribution in [1.29, 1.82) is 0 Å². The maximum atomic E-state index is 9.22. The van der Waals surface area contributed by atoms with Crippen molar-refractivity contribution in [3.8, 4) is 11.5 Å². The summed E-state index contributed by atoms with van der Waals surface area (Å²) >= 11 is 0. The second kappa shape index (κ2) is 9.18. The average Bonchev–Trinajstić information content (AvgIpc) is 2.62. The first kappa shape index (κ1) is 17.3. The molecule has 124 valence electrons. The number of hydrogen-bond acceptors (Lipinski definition) is 4. The van der Waals surface area contributed by atoms with Gasteiger partial charge in [-0.3, -0.25) is 0 Å². The molecule has 0 saturated heterocycles. The number of methoxy groups -OCH3 is 1. The van der Waals surface area contributed by atoms with Gasteiger partial charge in [-0.2, -0.15) is 0 Å². The first-order valence-corrected chi connectivity index (χ1v) is 7.94. The summed E-state index contributed by atoms with van der Waals surface area (Å²) in [5.74, 6) is 1.45. The van der Waals surface area contributed by atoms with E-state index >= 15 is 0 Å². The van der Waals surface area contributed by atoms with E-state index in [2.05, 4.69) is 12.2 Å². The van der Waals surface area contributed by atoms with Crippen molar-refractivity contribution >= 4 is 0 Å². The van der Waals surface area contributed by atoms with Crippen LogP contribution in [-0.4, -0.2) is 24.9 Å². The first-order valence-electron chi connectivity index (χ1n) is 7.94. The Labute approximate surface area is 138 Å². The van der Waals surface area contributed by atoms with Crippen LogP contribution in [0.4, 0.5) is 0 Å². The molecule has 2 aromatic rings. The van der Waals surface area contributed by atoms with E-state index in [1.54, 1.807) is 7.11 Å². The van der Waals surface area contributed by atoms with Crippen molar-refractivity contribution in [3.05, 3.63) is 59.7 Å². The maximum Gasteiger partial charge on any atom is 0.161 e. The lowest BCUT2D eigenvalue weighted by Crippen LogP contribution is -2.31. The van der Waals surface area contributed by atoms with Crippen molar-refractivity contribution in [1.82, 2.24) is 5.32 Å². The normalized spacial score (nSPS) is 12.0. The van der Waals surface area contributed by atoms with Crippen molar-refractivity contribution in [2.75, 3.05) is 13.7 Å². The molecular weight excluding hydrogens is 290 g/mol. The zero-order valence-electron chi connectivity index (χ0n) is 13.8. The quantitative estimate of drug-likeness (QED) is 0.746. The van der Waals surface area contributed by atoms with Gasteiger partial charge in [-0.05, 0) is 29.7 Å². The van der Waals surface area contributed by atoms with Crippen LogP contribution in [0.25, 0.3) is 0 Å². The molecule has 1 atom stereocenters. The lowest BCUT2D eigenvalue weighted by atomic mass is 10.1. The van der Waals surface area contributed by atoms with Crippen LogP contribution in [-0.2, 0) is 13.2 Å². The minimum absolute atomic E-state index is 0.120. The van der Waals surface area contributed by atoms with E-state index in [0.717, 1.165) is 29.0 Å². The summed E-state index contributed by atoms with van der Waals surface area (Å²) in [5.41, 5.74) is 2.22. The monoisotopic (exact) mass is 315 g/mol. The molecule has 0 spiro atoms. The minimum Gasteiger partial charge on any atom is -0.493 e. The number of ether oxygens (including phenoxy) is 2. The molecule has 1 unspecified atom stereocenters. The number of rotatable bonds is 9. The standard InChI is InChI=1S/C19H25NO3/c1-3-17(13-21)20-12-16-9-10-18(19(11-16)22-2)23-14-15-7-5-4-6-8-15/h4-11,17,20-21H,3,12-14H2,1-2H3. The van der Waals surface area contributed by atoms with Crippen molar-refractivity contribution in [2.45, 2.75) is 32.5 Å². The number of aliphatic hydroxyl groups excluding tert-OH is 1. The van der Waals surface area contributed by atoms with Crippen LogP contribution >= 0.6 is 0 Å². The van der Waals surface area contributed by atoms with Crippen molar-refractivity contribution < 1.29 is 14.6 Å². The zero-order chi connectivity index (χ0) is 16.5. The molecule has 0 bridgehead atoms. The van der Waals surface area contributed by atoms with E-state index in [1.165, 1.54) is 0 Å². The fourth-order valence-corrected chi connectivity index (χ4v) is 2.28. The molecule has 2 N–H and O–H groups in total. The Morgan fingerprint density at radius 3 is 2.48 bits per heavy atom. The van der Waals surface area contributed by atoms with Gasteiger partial charge in [0.1, 0.15) is 6.61 Å². The van der Waals surface area contributed by atoms with Crippen LogP contribution in [0.15, 0.2) is 48.5 Å². The van der Waals surface area contributed by atoms with Gasteiger partial charge in [0.25, 0.3) is 0 Å². The Balaban J connectivity index is 1.98. The minimum atomic E-state index is 0.120. The second-order valence-corrected chi connectivity index (χ2v) is 5.43. The molecule has 0 amide bonds. The Kier molecular flexibility index (Phi) is 6.91. The fourth-order valence-electron chi connectivity index (χ4n) is 2.28. The molecule has 0 fully saturated rings. The second-order valence-electron chi connectivity index (χ2n) is 5.43. The molecule has 4 nitrogen and oxygen atoms in total. The highest BCUT2D eigenvalue weighted by Gasteiger charge is 2.08. The number of hydrogen-bond donors (Lipinski definition) is 2. The number of nitrogens with one attached hydrogen (secondary N) is 1.